The first-order valence-corrected chi connectivity index (χ1v) is 6.20. The number of imidazole rings is 1. The maximum Gasteiger partial charge on any atom is 0.413 e. The van der Waals surface area contributed by atoms with Crippen molar-refractivity contribution in [2.45, 2.75) is 12.5 Å². The summed E-state index contributed by atoms with van der Waals surface area (Å²) in [5, 5.41) is 2.45. The third-order valence-corrected chi connectivity index (χ3v) is 2.68. The van der Waals surface area contributed by atoms with Crippen LogP contribution in [0.3, 0.4) is 0 Å². The molecule has 21 heavy (non-hydrogen) atoms. The maximum atomic E-state index is 11.8. The molecule has 1 heterocycles. The van der Waals surface area contributed by atoms with Crippen molar-refractivity contribution in [3.8, 4) is 5.75 Å². The Labute approximate surface area is 120 Å². The molecule has 0 saturated heterocycles. The third-order valence-electron chi connectivity index (χ3n) is 2.68. The first kappa shape index (κ1) is 14.5. The molecule has 1 aromatic heterocycles. The molecule has 1 aromatic carbocycles. The Kier molecular flexibility index (Phi) is 4.89. The number of hydrogen-bond acceptors (Lipinski definition) is 5. The number of amides is 2. The number of para-hydroxylation sites is 1. The van der Waals surface area contributed by atoms with Crippen LogP contribution in [0.1, 0.15) is 5.69 Å². The summed E-state index contributed by atoms with van der Waals surface area (Å²) in [6.07, 6.45) is 2.51. The molecule has 2 amide bonds. The van der Waals surface area contributed by atoms with Crippen molar-refractivity contribution in [3.63, 3.8) is 0 Å². The zero-order chi connectivity index (χ0) is 15.1. The molecular formula is C13H15N5O3. The Morgan fingerprint density at radius 1 is 1.33 bits per heavy atom. The number of H-pyrrole nitrogens is 1. The molecule has 0 radical (unpaired) electrons. The van der Waals surface area contributed by atoms with Crippen LogP contribution in [0, 0.1) is 0 Å². The number of carbonyl (C=O) groups is 2. The van der Waals surface area contributed by atoms with Gasteiger partial charge in [0, 0.05) is 18.3 Å². The molecule has 0 aliphatic heterocycles. The van der Waals surface area contributed by atoms with Crippen LogP contribution in [-0.4, -0.2) is 28.0 Å². The zero-order valence-electron chi connectivity index (χ0n) is 11.1. The molecule has 8 nitrogen and oxygen atoms in total. The number of rotatable bonds is 5. The summed E-state index contributed by atoms with van der Waals surface area (Å²) in [5.74, 6) is 4.96. The normalized spacial score (nSPS) is 11.5. The summed E-state index contributed by atoms with van der Waals surface area (Å²) < 4.78 is 5.06. The summed E-state index contributed by atoms with van der Waals surface area (Å²) >= 11 is 0. The summed E-state index contributed by atoms with van der Waals surface area (Å²) in [5.41, 5.74) is 2.69. The monoisotopic (exact) mass is 289 g/mol. The van der Waals surface area contributed by atoms with Gasteiger partial charge in [-0.2, -0.15) is 0 Å². The number of benzene rings is 1. The Hall–Kier alpha value is -2.87. The van der Waals surface area contributed by atoms with Crippen molar-refractivity contribution < 1.29 is 14.3 Å². The fourth-order valence-corrected chi connectivity index (χ4v) is 1.69. The molecule has 2 rings (SSSR count). The molecule has 110 valence electrons. The minimum atomic E-state index is -0.869. The number of aromatic amines is 1. The highest BCUT2D eigenvalue weighted by molar-refractivity contribution is 5.85. The molecule has 5 N–H and O–H groups in total. The minimum Gasteiger partial charge on any atom is -0.410 e. The highest BCUT2D eigenvalue weighted by Gasteiger charge is 2.22. The van der Waals surface area contributed by atoms with E-state index in [1.54, 1.807) is 36.5 Å². The van der Waals surface area contributed by atoms with E-state index in [2.05, 4.69) is 15.3 Å². The van der Waals surface area contributed by atoms with Gasteiger partial charge in [0.05, 0.1) is 6.33 Å². The van der Waals surface area contributed by atoms with Crippen molar-refractivity contribution in [1.82, 2.24) is 20.7 Å². The quantitative estimate of drug-likeness (QED) is 0.353. The topological polar surface area (TPSA) is 122 Å². The number of ether oxygens (including phenoxy) is 1. The van der Waals surface area contributed by atoms with E-state index in [0.717, 1.165) is 0 Å². The number of carbonyl (C=O) groups excluding carboxylic acids is 2. The lowest BCUT2D eigenvalue weighted by molar-refractivity contribution is -0.123. The van der Waals surface area contributed by atoms with E-state index in [1.165, 1.54) is 6.33 Å². The Morgan fingerprint density at radius 3 is 2.71 bits per heavy atom. The van der Waals surface area contributed by atoms with Gasteiger partial charge in [-0.1, -0.05) is 18.2 Å². The van der Waals surface area contributed by atoms with Gasteiger partial charge in [-0.05, 0) is 12.1 Å². The van der Waals surface area contributed by atoms with E-state index < -0.39 is 18.0 Å². The molecule has 1 atom stereocenters. The van der Waals surface area contributed by atoms with Crippen LogP contribution in [0.4, 0.5) is 4.79 Å². The summed E-state index contributed by atoms with van der Waals surface area (Å²) in [7, 11) is 0. The second-order valence-electron chi connectivity index (χ2n) is 4.19. The lowest BCUT2D eigenvalue weighted by Crippen LogP contribution is -2.50. The fraction of sp³-hybridized carbons (Fsp3) is 0.154. The smallest absolute Gasteiger partial charge is 0.410 e. The minimum absolute atomic E-state index is 0.215. The van der Waals surface area contributed by atoms with E-state index in [1.807, 2.05) is 5.43 Å². The predicted octanol–water partition coefficient (Wildman–Crippen LogP) is 0.0993. The molecular weight excluding hydrogens is 274 g/mol. The standard InChI is InChI=1S/C13H15N5O3/c14-18-12(19)11(6-9-7-15-8-16-9)17-13(20)21-10-4-2-1-3-5-10/h1-5,7-8,11H,6,14H2,(H,15,16)(H,17,20)(H,18,19). The van der Waals surface area contributed by atoms with Crippen LogP contribution in [0.25, 0.3) is 0 Å². The highest BCUT2D eigenvalue weighted by Crippen LogP contribution is 2.08. The predicted molar refractivity (Wildman–Crippen MR) is 74.0 cm³/mol. The van der Waals surface area contributed by atoms with E-state index in [9.17, 15) is 9.59 Å². The molecule has 8 heteroatoms. The molecule has 0 aliphatic carbocycles. The van der Waals surface area contributed by atoms with Crippen LogP contribution < -0.4 is 21.3 Å². The van der Waals surface area contributed by atoms with Crippen molar-refractivity contribution in [1.29, 1.82) is 0 Å². The van der Waals surface area contributed by atoms with E-state index in [-0.39, 0.29) is 6.42 Å². The summed E-state index contributed by atoms with van der Waals surface area (Å²) in [6.45, 7) is 0. The number of hydrogen-bond donors (Lipinski definition) is 4. The zero-order valence-corrected chi connectivity index (χ0v) is 11.1. The molecule has 2 aromatic rings. The van der Waals surface area contributed by atoms with Gasteiger partial charge in [-0.15, -0.1) is 0 Å². The van der Waals surface area contributed by atoms with Gasteiger partial charge < -0.3 is 15.0 Å². The third kappa shape index (κ3) is 4.32. The number of nitrogens with zero attached hydrogens (tertiary/aromatic N) is 1. The first-order chi connectivity index (χ1) is 10.2. The number of aromatic nitrogens is 2. The van der Waals surface area contributed by atoms with Gasteiger partial charge in [-0.3, -0.25) is 10.2 Å². The van der Waals surface area contributed by atoms with Gasteiger partial charge in [0.2, 0.25) is 0 Å². The lowest BCUT2D eigenvalue weighted by atomic mass is 10.1. The van der Waals surface area contributed by atoms with Crippen molar-refractivity contribution in [3.05, 3.63) is 48.5 Å². The molecule has 1 unspecified atom stereocenters. The first-order valence-electron chi connectivity index (χ1n) is 6.20. The maximum absolute atomic E-state index is 11.8. The Balaban J connectivity index is 1.97. The summed E-state index contributed by atoms with van der Waals surface area (Å²) in [4.78, 5) is 30.2. The average Bonchev–Trinajstić information content (AvgIpc) is 2.99. The van der Waals surface area contributed by atoms with E-state index in [0.29, 0.717) is 11.4 Å². The van der Waals surface area contributed by atoms with Gasteiger partial charge in [-0.25, -0.2) is 15.6 Å². The number of hydrazine groups is 1. The largest absolute Gasteiger partial charge is 0.413 e. The van der Waals surface area contributed by atoms with Crippen LogP contribution >= 0.6 is 0 Å². The average molecular weight is 289 g/mol. The van der Waals surface area contributed by atoms with Crippen LogP contribution in [0.15, 0.2) is 42.9 Å². The fourth-order valence-electron chi connectivity index (χ4n) is 1.69. The van der Waals surface area contributed by atoms with Gasteiger partial charge in [0.25, 0.3) is 5.91 Å². The number of nitrogens with one attached hydrogen (secondary N) is 3. The lowest BCUT2D eigenvalue weighted by Gasteiger charge is -2.16. The second-order valence-corrected chi connectivity index (χ2v) is 4.19. The van der Waals surface area contributed by atoms with E-state index in [4.69, 9.17) is 10.6 Å². The van der Waals surface area contributed by atoms with Crippen LogP contribution in [0.2, 0.25) is 0 Å². The Morgan fingerprint density at radius 2 is 2.10 bits per heavy atom. The van der Waals surface area contributed by atoms with Gasteiger partial charge in [0.15, 0.2) is 0 Å². The second kappa shape index (κ2) is 7.06. The SMILES string of the molecule is NNC(=O)C(Cc1cnc[nH]1)NC(=O)Oc1ccccc1. The van der Waals surface area contributed by atoms with Crippen molar-refractivity contribution in [2.24, 2.45) is 5.84 Å². The molecule has 0 spiro atoms. The van der Waals surface area contributed by atoms with E-state index >= 15 is 0 Å². The van der Waals surface area contributed by atoms with Crippen molar-refractivity contribution in [2.75, 3.05) is 0 Å². The van der Waals surface area contributed by atoms with Gasteiger partial charge >= 0.3 is 6.09 Å². The molecule has 0 saturated carbocycles. The Bertz CT molecular complexity index is 585. The highest BCUT2D eigenvalue weighted by atomic mass is 16.6. The van der Waals surface area contributed by atoms with Crippen LogP contribution in [0.5, 0.6) is 5.75 Å². The number of nitrogens with two attached hydrogens (primary N) is 1. The molecule has 0 aliphatic rings. The molecule has 0 fully saturated rings. The van der Waals surface area contributed by atoms with Gasteiger partial charge in [0.1, 0.15) is 11.8 Å². The van der Waals surface area contributed by atoms with Crippen molar-refractivity contribution >= 4 is 12.0 Å². The summed E-state index contributed by atoms with van der Waals surface area (Å²) in [6, 6.07) is 7.66. The van der Waals surface area contributed by atoms with Crippen LogP contribution in [-0.2, 0) is 11.2 Å². The molecule has 0 bridgehead atoms.